The van der Waals surface area contributed by atoms with Crippen LogP contribution in [0.3, 0.4) is 0 Å². The molecule has 0 radical (unpaired) electrons. The number of carbonyl (C=O) groups is 1. The summed E-state index contributed by atoms with van der Waals surface area (Å²) < 4.78 is 4.85. The highest BCUT2D eigenvalue weighted by Crippen LogP contribution is 2.32. The molecule has 5 heteroatoms. The van der Waals surface area contributed by atoms with Gasteiger partial charge in [-0.1, -0.05) is 30.3 Å². The Morgan fingerprint density at radius 1 is 1.30 bits per heavy atom. The summed E-state index contributed by atoms with van der Waals surface area (Å²) in [5.41, 5.74) is 1.07. The van der Waals surface area contributed by atoms with E-state index in [2.05, 4.69) is 0 Å². The Morgan fingerprint density at radius 2 is 2.00 bits per heavy atom. The number of aliphatic hydroxyl groups excluding tert-OH is 2. The average molecular weight is 279 g/mol. The number of hydrogen-bond acceptors (Lipinski definition) is 5. The Morgan fingerprint density at radius 3 is 2.55 bits per heavy atom. The highest BCUT2D eigenvalue weighted by Gasteiger charge is 2.45. The first kappa shape index (κ1) is 15.0. The maximum Gasteiger partial charge on any atom is 0.323 e. The van der Waals surface area contributed by atoms with Gasteiger partial charge in [-0.3, -0.25) is 9.69 Å². The van der Waals surface area contributed by atoms with Gasteiger partial charge in [0, 0.05) is 25.1 Å². The summed E-state index contributed by atoms with van der Waals surface area (Å²) in [4.78, 5) is 13.9. The number of carbonyl (C=O) groups excluding carboxylic acids is 1. The second-order valence-electron chi connectivity index (χ2n) is 5.14. The molecule has 3 atom stereocenters. The molecule has 1 aliphatic rings. The molecule has 2 N–H and O–H groups in total. The van der Waals surface area contributed by atoms with Gasteiger partial charge < -0.3 is 14.9 Å². The molecule has 0 saturated carbocycles. The Kier molecular flexibility index (Phi) is 5.11. The molecule has 1 fully saturated rings. The minimum atomic E-state index is -0.498. The van der Waals surface area contributed by atoms with Crippen molar-refractivity contribution >= 4 is 5.97 Å². The molecule has 0 aromatic heterocycles. The van der Waals surface area contributed by atoms with Gasteiger partial charge in [0.1, 0.15) is 6.04 Å². The van der Waals surface area contributed by atoms with E-state index in [0.29, 0.717) is 13.0 Å². The number of likely N-dealkylation sites (tertiary alicyclic amines) is 1. The van der Waals surface area contributed by atoms with Crippen LogP contribution in [-0.4, -0.2) is 53.5 Å². The van der Waals surface area contributed by atoms with E-state index in [1.807, 2.05) is 35.2 Å². The van der Waals surface area contributed by atoms with Gasteiger partial charge in [0.25, 0.3) is 0 Å². The predicted octanol–water partition coefficient (Wildman–Crippen LogP) is 0.403. The zero-order chi connectivity index (χ0) is 14.5. The van der Waals surface area contributed by atoms with Gasteiger partial charge in [-0.15, -0.1) is 0 Å². The van der Waals surface area contributed by atoms with E-state index in [9.17, 15) is 15.0 Å². The Labute approximate surface area is 118 Å². The zero-order valence-electron chi connectivity index (χ0n) is 11.6. The van der Waals surface area contributed by atoms with Crippen molar-refractivity contribution in [2.24, 2.45) is 5.92 Å². The van der Waals surface area contributed by atoms with Gasteiger partial charge in [0.05, 0.1) is 13.7 Å². The molecule has 0 amide bonds. The lowest BCUT2D eigenvalue weighted by molar-refractivity contribution is -0.148. The van der Waals surface area contributed by atoms with Crippen molar-refractivity contribution in [3.63, 3.8) is 0 Å². The molecular weight excluding hydrogens is 258 g/mol. The van der Waals surface area contributed by atoms with Gasteiger partial charge in [0.2, 0.25) is 0 Å². The molecule has 1 saturated heterocycles. The maximum absolute atomic E-state index is 12.0. The highest BCUT2D eigenvalue weighted by molar-refractivity contribution is 5.76. The molecule has 1 aromatic rings. The van der Waals surface area contributed by atoms with Crippen molar-refractivity contribution in [1.29, 1.82) is 0 Å². The third-order valence-electron chi connectivity index (χ3n) is 3.94. The van der Waals surface area contributed by atoms with E-state index in [1.54, 1.807) is 0 Å². The summed E-state index contributed by atoms with van der Waals surface area (Å²) in [6.07, 6.45) is 0.597. The number of nitrogens with zero attached hydrogens (tertiary/aromatic N) is 1. The number of aliphatic hydroxyl groups is 2. The molecule has 1 heterocycles. The Bertz CT molecular complexity index is 437. The van der Waals surface area contributed by atoms with Gasteiger partial charge in [-0.25, -0.2) is 0 Å². The Balaban J connectivity index is 2.22. The summed E-state index contributed by atoms with van der Waals surface area (Å²) in [5.74, 6) is -0.542. The van der Waals surface area contributed by atoms with Crippen molar-refractivity contribution in [1.82, 2.24) is 4.90 Å². The molecule has 0 aliphatic carbocycles. The second-order valence-corrected chi connectivity index (χ2v) is 5.14. The molecule has 2 rings (SSSR count). The maximum atomic E-state index is 12.0. The van der Waals surface area contributed by atoms with Crippen LogP contribution in [0.5, 0.6) is 0 Å². The number of hydrogen-bond donors (Lipinski definition) is 2. The quantitative estimate of drug-likeness (QED) is 0.764. The molecule has 1 aromatic carbocycles. The van der Waals surface area contributed by atoms with Gasteiger partial charge in [-0.2, -0.15) is 0 Å². The standard InChI is InChI=1S/C15H21NO4/c1-20-15(19)14-12(9-17)7-13(10-18)16(14)8-11-5-3-2-4-6-11/h2-6,12-14,17-18H,7-10H2,1H3/t12-,13+,14+/m0/s1. The smallest absolute Gasteiger partial charge is 0.323 e. The van der Waals surface area contributed by atoms with Crippen molar-refractivity contribution < 1.29 is 19.7 Å². The molecule has 0 unspecified atom stereocenters. The molecule has 110 valence electrons. The fourth-order valence-corrected chi connectivity index (χ4v) is 2.94. The van der Waals surface area contributed by atoms with Crippen molar-refractivity contribution in [3.8, 4) is 0 Å². The summed E-state index contributed by atoms with van der Waals surface area (Å²) >= 11 is 0. The monoisotopic (exact) mass is 279 g/mol. The first-order chi connectivity index (χ1) is 9.71. The van der Waals surface area contributed by atoms with E-state index >= 15 is 0 Å². The summed E-state index contributed by atoms with van der Waals surface area (Å²) in [5, 5.41) is 19.0. The van der Waals surface area contributed by atoms with Crippen LogP contribution < -0.4 is 0 Å². The van der Waals surface area contributed by atoms with E-state index in [4.69, 9.17) is 4.74 Å². The Hall–Kier alpha value is -1.43. The molecule has 0 spiro atoms. The second kappa shape index (κ2) is 6.83. The van der Waals surface area contributed by atoms with E-state index < -0.39 is 6.04 Å². The normalized spacial score (nSPS) is 26.6. The number of benzene rings is 1. The van der Waals surface area contributed by atoms with Crippen LogP contribution >= 0.6 is 0 Å². The number of esters is 1. The topological polar surface area (TPSA) is 70.0 Å². The number of methoxy groups -OCH3 is 1. The minimum Gasteiger partial charge on any atom is -0.468 e. The first-order valence-electron chi connectivity index (χ1n) is 6.80. The summed E-state index contributed by atoms with van der Waals surface area (Å²) in [6, 6.07) is 9.15. The SMILES string of the molecule is COC(=O)[C@H]1[C@H](CO)C[C@H](CO)N1Cc1ccccc1. The van der Waals surface area contributed by atoms with Gasteiger partial charge in [-0.05, 0) is 12.0 Å². The van der Waals surface area contributed by atoms with Crippen LogP contribution in [0.25, 0.3) is 0 Å². The molecule has 20 heavy (non-hydrogen) atoms. The summed E-state index contributed by atoms with van der Waals surface area (Å²) in [7, 11) is 1.35. The third kappa shape index (κ3) is 3.00. The molecule has 0 bridgehead atoms. The summed E-state index contributed by atoms with van der Waals surface area (Å²) in [6.45, 7) is 0.445. The van der Waals surface area contributed by atoms with Crippen LogP contribution in [0.15, 0.2) is 30.3 Å². The van der Waals surface area contributed by atoms with Crippen LogP contribution in [0.1, 0.15) is 12.0 Å². The number of rotatable bonds is 5. The van der Waals surface area contributed by atoms with Crippen LogP contribution in [0, 0.1) is 5.92 Å². The molecule has 5 nitrogen and oxygen atoms in total. The van der Waals surface area contributed by atoms with E-state index in [0.717, 1.165) is 5.56 Å². The van der Waals surface area contributed by atoms with Gasteiger partial charge >= 0.3 is 5.97 Å². The van der Waals surface area contributed by atoms with Crippen molar-refractivity contribution in [2.45, 2.75) is 25.0 Å². The van der Waals surface area contributed by atoms with Crippen molar-refractivity contribution in [3.05, 3.63) is 35.9 Å². The van der Waals surface area contributed by atoms with E-state index in [1.165, 1.54) is 7.11 Å². The minimum absolute atomic E-state index is 0.0309. The van der Waals surface area contributed by atoms with E-state index in [-0.39, 0.29) is 31.1 Å². The lowest BCUT2D eigenvalue weighted by Gasteiger charge is -2.28. The fourth-order valence-electron chi connectivity index (χ4n) is 2.94. The number of ether oxygens (including phenoxy) is 1. The van der Waals surface area contributed by atoms with Gasteiger partial charge in [0.15, 0.2) is 0 Å². The average Bonchev–Trinajstić information content (AvgIpc) is 2.85. The van der Waals surface area contributed by atoms with Crippen molar-refractivity contribution in [2.75, 3.05) is 20.3 Å². The zero-order valence-corrected chi connectivity index (χ0v) is 11.6. The third-order valence-corrected chi connectivity index (χ3v) is 3.94. The fraction of sp³-hybridized carbons (Fsp3) is 0.533. The molecular formula is C15H21NO4. The lowest BCUT2D eigenvalue weighted by atomic mass is 10.0. The predicted molar refractivity (Wildman–Crippen MR) is 73.9 cm³/mol. The lowest BCUT2D eigenvalue weighted by Crippen LogP contribution is -2.44. The molecule has 1 aliphatic heterocycles. The van der Waals surface area contributed by atoms with Crippen LogP contribution in [0.2, 0.25) is 0 Å². The van der Waals surface area contributed by atoms with Crippen LogP contribution in [0.4, 0.5) is 0 Å². The highest BCUT2D eigenvalue weighted by atomic mass is 16.5. The largest absolute Gasteiger partial charge is 0.468 e. The van der Waals surface area contributed by atoms with Crippen LogP contribution in [-0.2, 0) is 16.1 Å². The first-order valence-corrected chi connectivity index (χ1v) is 6.80.